The summed E-state index contributed by atoms with van der Waals surface area (Å²) in [4.78, 5) is -1.90. The third-order valence-corrected chi connectivity index (χ3v) is 2.47. The second-order valence-corrected chi connectivity index (χ2v) is 4.31. The summed E-state index contributed by atoms with van der Waals surface area (Å²) >= 11 is 8.52. The Labute approximate surface area is 86.6 Å². The first kappa shape index (κ1) is 11.1. The van der Waals surface area contributed by atoms with E-state index in [1.807, 2.05) is 0 Å². The van der Waals surface area contributed by atoms with Gasteiger partial charge in [0, 0.05) is 4.48 Å². The van der Waals surface area contributed by atoms with Gasteiger partial charge < -0.3 is 5.73 Å². The highest BCUT2D eigenvalue weighted by Crippen LogP contribution is 2.41. The number of alkyl halides is 4. The van der Waals surface area contributed by atoms with Crippen LogP contribution in [0.5, 0.6) is 0 Å². The first-order chi connectivity index (χ1) is 5.73. The Bertz CT molecular complexity index is 269. The second kappa shape index (κ2) is 3.29. The van der Waals surface area contributed by atoms with Gasteiger partial charge in [-0.05, 0) is 6.08 Å². The fourth-order valence-corrected chi connectivity index (χ4v) is 2.02. The molecule has 0 saturated carbocycles. The van der Waals surface area contributed by atoms with Crippen molar-refractivity contribution in [2.24, 2.45) is 11.7 Å². The molecule has 0 aromatic carbocycles. The molecule has 1 rings (SSSR count). The highest BCUT2D eigenvalue weighted by molar-refractivity contribution is 9.11. The molecule has 0 bridgehead atoms. The van der Waals surface area contributed by atoms with Crippen molar-refractivity contribution in [1.29, 1.82) is 0 Å². The molecule has 13 heavy (non-hydrogen) atoms. The molecule has 2 atom stereocenters. The monoisotopic (exact) mass is 275 g/mol. The minimum Gasteiger partial charge on any atom is -0.309 e. The molecular weight excluding hydrogens is 270 g/mol. The Morgan fingerprint density at radius 2 is 2.08 bits per heavy atom. The van der Waals surface area contributed by atoms with Gasteiger partial charge in [-0.25, -0.2) is 0 Å². The highest BCUT2D eigenvalue weighted by Gasteiger charge is 2.49. The minimum absolute atomic E-state index is 0.450. The quantitative estimate of drug-likeness (QED) is 0.534. The summed E-state index contributed by atoms with van der Waals surface area (Å²) in [6, 6.07) is 0. The van der Waals surface area contributed by atoms with Crippen LogP contribution in [0.15, 0.2) is 22.7 Å². The van der Waals surface area contributed by atoms with E-state index >= 15 is 0 Å². The molecule has 0 fully saturated rings. The Kier molecular flexibility index (Phi) is 2.81. The van der Waals surface area contributed by atoms with E-state index in [1.165, 1.54) is 6.08 Å². The average Bonchev–Trinajstić information content (AvgIpc) is 1.79. The van der Waals surface area contributed by atoms with Crippen LogP contribution in [0.4, 0.5) is 13.2 Å². The largest absolute Gasteiger partial charge is 0.398 e. The zero-order valence-corrected chi connectivity index (χ0v) is 8.62. The summed E-state index contributed by atoms with van der Waals surface area (Å²) in [5.74, 6) is -1.84. The molecule has 0 aliphatic heterocycles. The van der Waals surface area contributed by atoms with E-state index in [0.29, 0.717) is 4.48 Å². The summed E-state index contributed by atoms with van der Waals surface area (Å²) in [5, 5.41) is 0. The number of nitrogens with two attached hydrogens (primary N) is 1. The van der Waals surface area contributed by atoms with E-state index in [9.17, 15) is 13.2 Å². The molecular formula is C7H6BrClF3N. The second-order valence-electron chi connectivity index (χ2n) is 2.73. The van der Waals surface area contributed by atoms with E-state index in [4.69, 9.17) is 17.3 Å². The first-order valence-corrected chi connectivity index (χ1v) is 4.51. The topological polar surface area (TPSA) is 26.0 Å². The van der Waals surface area contributed by atoms with Crippen LogP contribution in [-0.2, 0) is 0 Å². The summed E-state index contributed by atoms with van der Waals surface area (Å²) in [7, 11) is 0. The lowest BCUT2D eigenvalue weighted by Crippen LogP contribution is -2.47. The molecule has 0 aromatic heterocycles. The van der Waals surface area contributed by atoms with Crippen LogP contribution in [0.3, 0.4) is 0 Å². The Morgan fingerprint density at radius 1 is 1.54 bits per heavy atom. The van der Waals surface area contributed by atoms with Gasteiger partial charge in [0.05, 0.1) is 0 Å². The van der Waals surface area contributed by atoms with Crippen molar-refractivity contribution < 1.29 is 13.2 Å². The van der Waals surface area contributed by atoms with E-state index in [-0.39, 0.29) is 0 Å². The molecule has 6 heteroatoms. The predicted molar refractivity (Wildman–Crippen MR) is 48.5 cm³/mol. The number of allylic oxidation sites excluding steroid dienone is 2. The molecule has 0 aromatic rings. The minimum atomic E-state index is -4.42. The fraction of sp³-hybridized carbons (Fsp3) is 0.429. The van der Waals surface area contributed by atoms with Crippen molar-refractivity contribution in [3.63, 3.8) is 0 Å². The Balaban J connectivity index is 2.99. The normalized spacial score (nSPS) is 34.6. The van der Waals surface area contributed by atoms with Crippen molar-refractivity contribution in [3.05, 3.63) is 22.7 Å². The third-order valence-electron chi connectivity index (χ3n) is 1.64. The van der Waals surface area contributed by atoms with Crippen molar-refractivity contribution in [2.75, 3.05) is 0 Å². The van der Waals surface area contributed by atoms with Crippen LogP contribution < -0.4 is 5.73 Å². The fourth-order valence-electron chi connectivity index (χ4n) is 1.04. The first-order valence-electron chi connectivity index (χ1n) is 3.34. The average molecular weight is 276 g/mol. The molecule has 1 aliphatic carbocycles. The van der Waals surface area contributed by atoms with Gasteiger partial charge in [0.2, 0.25) is 0 Å². The SMILES string of the molecule is NC1(Cl)C=C(Br)C=CC1C(F)(F)F. The standard InChI is InChI=1S/C7H6BrClF3N/c8-4-1-2-5(7(10,11)12)6(9,13)3-4/h1-3,5H,13H2. The van der Waals surface area contributed by atoms with E-state index < -0.39 is 17.1 Å². The molecule has 0 amide bonds. The lowest BCUT2D eigenvalue weighted by Gasteiger charge is -2.31. The van der Waals surface area contributed by atoms with E-state index in [1.54, 1.807) is 0 Å². The number of hydrogen-bond donors (Lipinski definition) is 1. The van der Waals surface area contributed by atoms with Crippen molar-refractivity contribution in [1.82, 2.24) is 0 Å². The number of halogens is 5. The molecule has 0 radical (unpaired) electrons. The maximum Gasteiger partial charge on any atom is 0.398 e. The Hall–Kier alpha value is -0.0000000000000000555. The number of rotatable bonds is 0. The van der Waals surface area contributed by atoms with Crippen molar-refractivity contribution in [3.8, 4) is 0 Å². The Morgan fingerprint density at radius 3 is 2.46 bits per heavy atom. The van der Waals surface area contributed by atoms with Crippen molar-refractivity contribution in [2.45, 2.75) is 11.2 Å². The van der Waals surface area contributed by atoms with Gasteiger partial charge in [-0.15, -0.1) is 0 Å². The van der Waals surface area contributed by atoms with Gasteiger partial charge in [0.15, 0.2) is 0 Å². The summed E-state index contributed by atoms with van der Waals surface area (Å²) in [6.45, 7) is 0. The lowest BCUT2D eigenvalue weighted by molar-refractivity contribution is -0.166. The lowest BCUT2D eigenvalue weighted by atomic mass is 9.94. The zero-order chi connectivity index (χ0) is 10.3. The van der Waals surface area contributed by atoms with Gasteiger partial charge in [-0.2, -0.15) is 13.2 Å². The van der Waals surface area contributed by atoms with Crippen LogP contribution in [0.25, 0.3) is 0 Å². The maximum atomic E-state index is 12.3. The van der Waals surface area contributed by atoms with Crippen LogP contribution in [-0.4, -0.2) is 11.2 Å². The van der Waals surface area contributed by atoms with Gasteiger partial charge in [0.1, 0.15) is 10.9 Å². The highest BCUT2D eigenvalue weighted by atomic mass is 79.9. The van der Waals surface area contributed by atoms with Crippen LogP contribution in [0, 0.1) is 5.92 Å². The van der Waals surface area contributed by atoms with Crippen LogP contribution >= 0.6 is 27.5 Å². The van der Waals surface area contributed by atoms with Gasteiger partial charge in [-0.3, -0.25) is 0 Å². The summed E-state index contributed by atoms with van der Waals surface area (Å²) in [5.41, 5.74) is 5.29. The summed E-state index contributed by atoms with van der Waals surface area (Å²) in [6.07, 6.45) is -1.06. The van der Waals surface area contributed by atoms with Gasteiger partial charge in [0.25, 0.3) is 0 Å². The maximum absolute atomic E-state index is 12.3. The van der Waals surface area contributed by atoms with E-state index in [2.05, 4.69) is 15.9 Å². The molecule has 0 spiro atoms. The molecule has 1 nitrogen and oxygen atoms in total. The third kappa shape index (κ3) is 2.48. The molecule has 2 N–H and O–H groups in total. The van der Waals surface area contributed by atoms with Crippen LogP contribution in [0.1, 0.15) is 0 Å². The van der Waals surface area contributed by atoms with E-state index in [0.717, 1.165) is 12.2 Å². The molecule has 0 heterocycles. The number of hydrogen-bond acceptors (Lipinski definition) is 1. The molecule has 74 valence electrons. The molecule has 1 aliphatic rings. The van der Waals surface area contributed by atoms with Crippen molar-refractivity contribution >= 4 is 27.5 Å². The molecule has 0 saturated heterocycles. The van der Waals surface area contributed by atoms with Gasteiger partial charge in [-0.1, -0.05) is 39.7 Å². The molecule has 2 unspecified atom stereocenters. The zero-order valence-electron chi connectivity index (χ0n) is 6.28. The predicted octanol–water partition coefficient (Wildman–Crippen LogP) is 2.91. The van der Waals surface area contributed by atoms with Gasteiger partial charge >= 0.3 is 6.18 Å². The smallest absolute Gasteiger partial charge is 0.309 e. The summed E-state index contributed by atoms with van der Waals surface area (Å²) < 4.78 is 37.4. The van der Waals surface area contributed by atoms with Crippen LogP contribution in [0.2, 0.25) is 0 Å².